The molecule has 0 radical (unpaired) electrons. The molecular formula is C57H46Au2OP2+2. The van der Waals surface area contributed by atoms with Crippen molar-refractivity contribution in [3.8, 4) is 23.0 Å². The van der Waals surface area contributed by atoms with E-state index in [-0.39, 0.29) is 44.8 Å². The maximum Gasteiger partial charge on any atom is 1.00 e. The summed E-state index contributed by atoms with van der Waals surface area (Å²) in [5.41, 5.74) is 8.40. The number of furan rings is 1. The Morgan fingerprint density at radius 1 is 0.419 bits per heavy atom. The number of hydrogen-bond donors (Lipinski definition) is 0. The van der Waals surface area contributed by atoms with Gasteiger partial charge in [-0.15, -0.1) is 23.3 Å². The van der Waals surface area contributed by atoms with Crippen molar-refractivity contribution in [2.75, 3.05) is 12.3 Å². The fraction of sp³-hybridized carbons (Fsp3) is 0.0877. The van der Waals surface area contributed by atoms with Crippen LogP contribution in [-0.4, -0.2) is 12.3 Å². The normalized spacial score (nSPS) is 10.8. The molecular weight excluding hydrogens is 1160 g/mol. The van der Waals surface area contributed by atoms with Crippen LogP contribution < -0.4 is 21.2 Å². The molecule has 1 aliphatic rings. The summed E-state index contributed by atoms with van der Waals surface area (Å²) in [6.07, 6.45) is 20.6. The van der Waals surface area contributed by atoms with Crippen molar-refractivity contribution in [3.63, 3.8) is 0 Å². The zero-order chi connectivity index (χ0) is 40.9. The molecule has 1 nitrogen and oxygen atoms in total. The first kappa shape index (κ1) is 46.5. The predicted octanol–water partition coefficient (Wildman–Crippen LogP) is 12.2. The molecule has 310 valence electrons. The van der Waals surface area contributed by atoms with E-state index in [0.717, 1.165) is 33.9 Å². The van der Waals surface area contributed by atoms with Crippen LogP contribution in [0.3, 0.4) is 0 Å². The third-order valence-electron chi connectivity index (χ3n) is 11.1. The van der Waals surface area contributed by atoms with Crippen LogP contribution >= 0.6 is 15.8 Å². The van der Waals surface area contributed by atoms with Gasteiger partial charge in [0.2, 0.25) is 0 Å². The molecule has 9 aromatic rings. The average Bonchev–Trinajstić information content (AvgIpc) is 3.91. The van der Waals surface area contributed by atoms with Gasteiger partial charge in [-0.3, -0.25) is 11.8 Å². The van der Waals surface area contributed by atoms with Gasteiger partial charge in [0, 0.05) is 10.8 Å². The standard InChI is InChI=1S/C28H28P2.C15H9.C14H7O.2Au/c1-5-15-25(16-6-1)29(26-17-7-2-8-18-26)23-13-14-24-30(27-19-9-3-10-20-27)28-21-11-4-12-22-28;1-2-11-7-5-9-14-13-8-4-3-6-12(13)10-15(11)14;1-2-10-6-5-8-12-11-7-3-4-9-13(11)15-14(10)12;;/h1-12,15-22H,13-14,23-24H2;3-9H,10H2;3-9H;;/q;2*-1;2*+1/p+2. The second-order valence-corrected chi connectivity index (χ2v) is 20.0. The smallest absolute Gasteiger partial charge is 0.474 e. The Bertz CT molecular complexity index is 2720. The van der Waals surface area contributed by atoms with Gasteiger partial charge in [0.05, 0.1) is 55.0 Å². The second-order valence-electron chi connectivity index (χ2n) is 14.8. The van der Waals surface area contributed by atoms with Gasteiger partial charge in [-0.25, -0.2) is 0 Å². The monoisotopic (exact) mass is 1200 g/mol. The van der Waals surface area contributed by atoms with Crippen LogP contribution in [0.1, 0.15) is 35.1 Å². The fourth-order valence-corrected chi connectivity index (χ4v) is 13.6. The molecule has 5 heteroatoms. The number of para-hydroxylation sites is 2. The third-order valence-corrected chi connectivity index (χ3v) is 16.9. The van der Waals surface area contributed by atoms with Gasteiger partial charge >= 0.3 is 44.8 Å². The Kier molecular flexibility index (Phi) is 17.6. The van der Waals surface area contributed by atoms with E-state index in [0.29, 0.717) is 5.56 Å². The SMILES string of the molecule is [Au+].[Au+].[C-]#Cc1cccc2c1Cc1ccccc1-2.[C-]#Cc1cccc2c1oc1ccccc12.c1ccc([PH+](CCCC[PH+](c2ccccc2)c2ccccc2)c2ccccc2)cc1. The molecule has 0 amide bonds. The minimum absolute atomic E-state index is 0. The molecule has 0 spiro atoms. The Morgan fingerprint density at radius 3 is 1.37 bits per heavy atom. The molecule has 10 rings (SSSR count). The van der Waals surface area contributed by atoms with Crippen LogP contribution in [0.5, 0.6) is 0 Å². The van der Waals surface area contributed by atoms with E-state index in [1.165, 1.54) is 68.6 Å². The van der Waals surface area contributed by atoms with E-state index in [4.69, 9.17) is 17.3 Å². The molecule has 1 heterocycles. The van der Waals surface area contributed by atoms with Gasteiger partial charge in [-0.1, -0.05) is 145 Å². The van der Waals surface area contributed by atoms with Gasteiger partial charge in [0.25, 0.3) is 0 Å². The molecule has 0 fully saturated rings. The van der Waals surface area contributed by atoms with Gasteiger partial charge < -0.3 is 17.3 Å². The first-order valence-electron chi connectivity index (χ1n) is 20.6. The summed E-state index contributed by atoms with van der Waals surface area (Å²) in [5.74, 6) is 4.90. The van der Waals surface area contributed by atoms with Crippen LogP contribution in [-0.2, 0) is 51.2 Å². The topological polar surface area (TPSA) is 13.1 Å². The molecule has 0 bridgehead atoms. The third kappa shape index (κ3) is 11.1. The summed E-state index contributed by atoms with van der Waals surface area (Å²) >= 11 is 0. The average molecular weight is 1200 g/mol. The number of fused-ring (bicyclic) bond motifs is 6. The van der Waals surface area contributed by atoms with Crippen molar-refractivity contribution in [1.29, 1.82) is 0 Å². The summed E-state index contributed by atoms with van der Waals surface area (Å²) in [6, 6.07) is 72.8. The van der Waals surface area contributed by atoms with Crippen molar-refractivity contribution in [2.45, 2.75) is 19.3 Å². The Hall–Kier alpha value is -4.98. The molecule has 8 aromatic carbocycles. The molecule has 62 heavy (non-hydrogen) atoms. The minimum Gasteiger partial charge on any atom is -0.474 e. The van der Waals surface area contributed by atoms with Crippen LogP contribution in [0, 0.1) is 24.7 Å². The number of unbranched alkanes of at least 4 members (excludes halogenated alkanes) is 1. The number of rotatable bonds is 9. The summed E-state index contributed by atoms with van der Waals surface area (Å²) in [7, 11) is -1.43. The molecule has 0 unspecified atom stereocenters. The van der Waals surface area contributed by atoms with E-state index in [2.05, 4.69) is 164 Å². The van der Waals surface area contributed by atoms with Crippen LogP contribution in [0.25, 0.3) is 33.1 Å². The largest absolute Gasteiger partial charge is 1.00 e. The zero-order valence-corrected chi connectivity index (χ0v) is 40.5. The molecule has 1 aromatic heterocycles. The molecule has 0 saturated carbocycles. The first-order chi connectivity index (χ1) is 29.7. The van der Waals surface area contributed by atoms with Crippen LogP contribution in [0.2, 0.25) is 0 Å². The van der Waals surface area contributed by atoms with Gasteiger partial charge in [-0.05, 0) is 90.6 Å². The predicted molar refractivity (Wildman–Crippen MR) is 261 cm³/mol. The van der Waals surface area contributed by atoms with E-state index in [1.807, 2.05) is 54.6 Å². The second kappa shape index (κ2) is 23.5. The van der Waals surface area contributed by atoms with Gasteiger partial charge in [0.15, 0.2) is 0 Å². The van der Waals surface area contributed by atoms with Crippen molar-refractivity contribution in [1.82, 2.24) is 0 Å². The van der Waals surface area contributed by atoms with Gasteiger partial charge in [0.1, 0.15) is 5.58 Å². The molecule has 0 atom stereocenters. The van der Waals surface area contributed by atoms with Crippen molar-refractivity contribution >= 4 is 59.0 Å². The van der Waals surface area contributed by atoms with Gasteiger partial charge in [-0.2, -0.15) is 0 Å². The molecule has 0 aliphatic heterocycles. The van der Waals surface area contributed by atoms with Crippen molar-refractivity contribution in [2.24, 2.45) is 0 Å². The summed E-state index contributed by atoms with van der Waals surface area (Å²) in [6.45, 7) is 0. The van der Waals surface area contributed by atoms with Crippen molar-refractivity contribution < 1.29 is 49.2 Å². The van der Waals surface area contributed by atoms with E-state index in [9.17, 15) is 0 Å². The van der Waals surface area contributed by atoms with E-state index < -0.39 is 15.8 Å². The summed E-state index contributed by atoms with van der Waals surface area (Å²) in [5, 5.41) is 8.26. The molecule has 0 N–H and O–H groups in total. The van der Waals surface area contributed by atoms with Crippen LogP contribution in [0.4, 0.5) is 0 Å². The molecule has 0 saturated heterocycles. The zero-order valence-electron chi connectivity index (χ0n) is 34.2. The Morgan fingerprint density at radius 2 is 0.839 bits per heavy atom. The quantitative estimate of drug-likeness (QED) is 0.0462. The van der Waals surface area contributed by atoms with Crippen molar-refractivity contribution in [3.05, 3.63) is 241 Å². The maximum atomic E-state index is 7.27. The first-order valence-corrected chi connectivity index (χ1v) is 24.0. The van der Waals surface area contributed by atoms with E-state index in [1.54, 1.807) is 0 Å². The summed E-state index contributed by atoms with van der Waals surface area (Å²) in [4.78, 5) is 0. The van der Waals surface area contributed by atoms with Crippen LogP contribution in [0.15, 0.2) is 211 Å². The summed E-state index contributed by atoms with van der Waals surface area (Å²) < 4.78 is 5.69. The number of benzene rings is 8. The fourth-order valence-electron chi connectivity index (χ4n) is 8.19. The number of hydrogen-bond acceptors (Lipinski definition) is 1. The minimum atomic E-state index is -0.714. The maximum absolute atomic E-state index is 7.27. The molecule has 1 aliphatic carbocycles. The van der Waals surface area contributed by atoms with E-state index >= 15 is 0 Å². The Balaban J connectivity index is 0.000000168. The Labute approximate surface area is 400 Å².